The summed E-state index contributed by atoms with van der Waals surface area (Å²) in [6.07, 6.45) is 0. The Hall–Kier alpha value is -0.880. The number of aryl methyl sites for hydroxylation is 1. The van der Waals surface area contributed by atoms with Crippen LogP contribution in [0.1, 0.15) is 5.56 Å². The van der Waals surface area contributed by atoms with Gasteiger partial charge in [-0.1, -0.05) is 23.2 Å². The fraction of sp³-hybridized carbons (Fsp3) is 0.0714. The van der Waals surface area contributed by atoms with Gasteiger partial charge in [0.1, 0.15) is 5.82 Å². The van der Waals surface area contributed by atoms with Crippen LogP contribution in [0, 0.1) is 17.5 Å². The number of rotatable bonds is 1. The Morgan fingerprint density at radius 1 is 1.19 bits per heavy atom. The molecule has 1 N–H and O–H groups in total. The average molecular weight is 406 g/mol. The number of fused-ring (bicyclic) bond motifs is 1. The summed E-state index contributed by atoms with van der Waals surface area (Å²) in [6, 6.07) is 6.56. The van der Waals surface area contributed by atoms with Gasteiger partial charge in [-0.2, -0.15) is 0 Å². The maximum Gasteiger partial charge on any atom is 0.182 e. The van der Waals surface area contributed by atoms with E-state index in [0.29, 0.717) is 25.0 Å². The number of hydrogen-bond acceptors (Lipinski definition) is 1. The van der Waals surface area contributed by atoms with Crippen LogP contribution < -0.4 is 0 Å². The molecule has 0 atom stereocenters. The number of nitrogens with zero attached hydrogens (tertiary/aromatic N) is 1. The SMILES string of the molecule is Cc1cc(Br)c(F)cc1-n1c(=S)[nH]c2cc(Cl)c(Cl)cc21. The van der Waals surface area contributed by atoms with Gasteiger partial charge >= 0.3 is 0 Å². The van der Waals surface area contributed by atoms with Crippen LogP contribution in [0.25, 0.3) is 16.7 Å². The minimum atomic E-state index is -0.355. The van der Waals surface area contributed by atoms with Gasteiger partial charge in [0.05, 0.1) is 31.2 Å². The lowest BCUT2D eigenvalue weighted by Crippen LogP contribution is -1.98. The van der Waals surface area contributed by atoms with Crippen LogP contribution in [0.5, 0.6) is 0 Å². The highest BCUT2D eigenvalue weighted by molar-refractivity contribution is 9.10. The lowest BCUT2D eigenvalue weighted by molar-refractivity contribution is 0.619. The fourth-order valence-corrected chi connectivity index (χ4v) is 3.30. The molecule has 0 spiro atoms. The monoisotopic (exact) mass is 404 g/mol. The van der Waals surface area contributed by atoms with Gasteiger partial charge in [0.25, 0.3) is 0 Å². The average Bonchev–Trinajstić information content (AvgIpc) is 2.70. The standard InChI is InChI=1S/C14H8BrCl2FN2S/c1-6-2-7(15)10(18)5-12(6)20-13-4-9(17)8(16)3-11(13)19-14(20)21/h2-5H,1H3,(H,19,21). The summed E-state index contributed by atoms with van der Waals surface area (Å²) in [6.45, 7) is 1.89. The first kappa shape index (κ1) is 15.0. The van der Waals surface area contributed by atoms with Gasteiger partial charge < -0.3 is 4.98 Å². The van der Waals surface area contributed by atoms with Crippen LogP contribution in [0.2, 0.25) is 10.0 Å². The Bertz CT molecular complexity index is 933. The summed E-state index contributed by atoms with van der Waals surface area (Å²) in [5, 5.41) is 0.855. The molecule has 1 aromatic heterocycles. The molecule has 3 aromatic rings. The molecule has 0 unspecified atom stereocenters. The molecule has 0 radical (unpaired) electrons. The molecule has 21 heavy (non-hydrogen) atoms. The molecule has 0 bridgehead atoms. The molecule has 3 rings (SSSR count). The smallest absolute Gasteiger partial charge is 0.182 e. The molecule has 7 heteroatoms. The van der Waals surface area contributed by atoms with Crippen LogP contribution in [0.15, 0.2) is 28.7 Å². The molecule has 0 saturated carbocycles. The molecule has 2 nitrogen and oxygen atoms in total. The van der Waals surface area contributed by atoms with E-state index in [1.807, 2.05) is 6.92 Å². The lowest BCUT2D eigenvalue weighted by Gasteiger charge is -2.10. The number of hydrogen-bond donors (Lipinski definition) is 1. The summed E-state index contributed by atoms with van der Waals surface area (Å²) < 4.78 is 16.5. The van der Waals surface area contributed by atoms with Crippen molar-refractivity contribution in [2.45, 2.75) is 6.92 Å². The zero-order chi connectivity index (χ0) is 15.3. The lowest BCUT2D eigenvalue weighted by atomic mass is 10.2. The number of aromatic amines is 1. The molecular formula is C14H8BrCl2FN2S. The molecular weight excluding hydrogens is 398 g/mol. The van der Waals surface area contributed by atoms with Gasteiger partial charge in [-0.3, -0.25) is 4.57 Å². The number of nitrogens with one attached hydrogen (secondary N) is 1. The molecule has 108 valence electrons. The first-order valence-electron chi connectivity index (χ1n) is 5.94. The summed E-state index contributed by atoms with van der Waals surface area (Å²) in [5.41, 5.74) is 3.04. The van der Waals surface area contributed by atoms with E-state index in [0.717, 1.165) is 16.6 Å². The van der Waals surface area contributed by atoms with Crippen molar-refractivity contribution in [2.24, 2.45) is 0 Å². The van der Waals surface area contributed by atoms with Crippen molar-refractivity contribution in [2.75, 3.05) is 0 Å². The Labute approximate surface area is 143 Å². The highest BCUT2D eigenvalue weighted by Crippen LogP contribution is 2.31. The van der Waals surface area contributed by atoms with E-state index in [9.17, 15) is 4.39 Å². The quantitative estimate of drug-likeness (QED) is 0.477. The number of imidazole rings is 1. The minimum Gasteiger partial charge on any atom is -0.330 e. The Morgan fingerprint density at radius 2 is 1.86 bits per heavy atom. The first-order valence-corrected chi connectivity index (χ1v) is 7.90. The van der Waals surface area contributed by atoms with Crippen molar-refractivity contribution in [3.05, 3.63) is 54.9 Å². The summed E-state index contributed by atoms with van der Waals surface area (Å²) in [4.78, 5) is 3.06. The van der Waals surface area contributed by atoms with Crippen molar-refractivity contribution < 1.29 is 4.39 Å². The van der Waals surface area contributed by atoms with E-state index in [2.05, 4.69) is 20.9 Å². The molecule has 0 aliphatic rings. The second-order valence-corrected chi connectivity index (χ2v) is 6.66. The summed E-state index contributed by atoms with van der Waals surface area (Å²) in [5.74, 6) is -0.355. The third-order valence-electron chi connectivity index (χ3n) is 3.20. The Kier molecular flexibility index (Phi) is 3.86. The highest BCUT2D eigenvalue weighted by Gasteiger charge is 2.13. The van der Waals surface area contributed by atoms with Gasteiger partial charge in [-0.15, -0.1) is 0 Å². The summed E-state index contributed by atoms with van der Waals surface area (Å²) >= 11 is 20.6. The van der Waals surface area contributed by atoms with Crippen LogP contribution in [0.3, 0.4) is 0 Å². The molecule has 0 aliphatic heterocycles. The van der Waals surface area contributed by atoms with Crippen molar-refractivity contribution in [3.8, 4) is 5.69 Å². The van der Waals surface area contributed by atoms with E-state index in [1.54, 1.807) is 22.8 Å². The second kappa shape index (κ2) is 5.39. The first-order chi connectivity index (χ1) is 9.88. The van der Waals surface area contributed by atoms with E-state index < -0.39 is 0 Å². The topological polar surface area (TPSA) is 20.7 Å². The van der Waals surface area contributed by atoms with E-state index >= 15 is 0 Å². The van der Waals surface area contributed by atoms with Gasteiger partial charge in [0.2, 0.25) is 0 Å². The van der Waals surface area contributed by atoms with Crippen LogP contribution >= 0.6 is 51.3 Å². The molecule has 2 aromatic carbocycles. The number of halogens is 4. The van der Waals surface area contributed by atoms with Crippen molar-refractivity contribution in [1.29, 1.82) is 0 Å². The van der Waals surface area contributed by atoms with Crippen LogP contribution in [-0.2, 0) is 0 Å². The zero-order valence-electron chi connectivity index (χ0n) is 10.7. The predicted octanol–water partition coefficient (Wildman–Crippen LogP) is 6.20. The van der Waals surface area contributed by atoms with E-state index in [1.165, 1.54) is 6.07 Å². The van der Waals surface area contributed by atoms with Crippen molar-refractivity contribution >= 4 is 62.4 Å². The van der Waals surface area contributed by atoms with Crippen molar-refractivity contribution in [3.63, 3.8) is 0 Å². The van der Waals surface area contributed by atoms with Gasteiger partial charge in [-0.05, 0) is 64.9 Å². The maximum atomic E-state index is 13.9. The second-order valence-electron chi connectivity index (χ2n) is 4.60. The van der Waals surface area contributed by atoms with Gasteiger partial charge in [0, 0.05) is 0 Å². The molecule has 1 heterocycles. The number of aromatic nitrogens is 2. The predicted molar refractivity (Wildman–Crippen MR) is 90.9 cm³/mol. The molecule has 0 amide bonds. The molecule has 0 saturated heterocycles. The van der Waals surface area contributed by atoms with Crippen LogP contribution in [0.4, 0.5) is 4.39 Å². The van der Waals surface area contributed by atoms with E-state index in [-0.39, 0.29) is 5.82 Å². The largest absolute Gasteiger partial charge is 0.330 e. The molecule has 0 fully saturated rings. The van der Waals surface area contributed by atoms with Crippen LogP contribution in [-0.4, -0.2) is 9.55 Å². The minimum absolute atomic E-state index is 0.355. The number of H-pyrrole nitrogens is 1. The van der Waals surface area contributed by atoms with Gasteiger partial charge in [0.15, 0.2) is 4.77 Å². The zero-order valence-corrected chi connectivity index (χ0v) is 14.6. The Balaban J connectivity index is 2.40. The van der Waals surface area contributed by atoms with Gasteiger partial charge in [-0.25, -0.2) is 4.39 Å². The fourth-order valence-electron chi connectivity index (χ4n) is 2.22. The number of benzene rings is 2. The summed E-state index contributed by atoms with van der Waals surface area (Å²) in [7, 11) is 0. The normalized spacial score (nSPS) is 11.3. The maximum absolute atomic E-state index is 13.9. The van der Waals surface area contributed by atoms with Crippen molar-refractivity contribution in [1.82, 2.24) is 9.55 Å². The third-order valence-corrected chi connectivity index (χ3v) is 4.82. The Morgan fingerprint density at radius 3 is 2.57 bits per heavy atom. The molecule has 0 aliphatic carbocycles. The van der Waals surface area contributed by atoms with E-state index in [4.69, 9.17) is 35.4 Å². The highest BCUT2D eigenvalue weighted by atomic mass is 79.9. The third kappa shape index (κ3) is 2.52.